The molecule has 3 rings (SSSR count). The number of halogens is 1. The lowest BCUT2D eigenvalue weighted by molar-refractivity contribution is 0.271. The van der Waals surface area contributed by atoms with Crippen LogP contribution in [-0.2, 0) is 20.0 Å². The summed E-state index contributed by atoms with van der Waals surface area (Å²) < 4.78 is 64.1. The molecule has 10 heteroatoms. The summed E-state index contributed by atoms with van der Waals surface area (Å²) in [4.78, 5) is -0.455. The molecular formula is C16H18FN3O4S2. The zero-order valence-corrected chi connectivity index (χ0v) is 15.3. The lowest BCUT2D eigenvalue weighted by Gasteiger charge is -2.35. The van der Waals surface area contributed by atoms with E-state index in [1.807, 2.05) is 0 Å². The van der Waals surface area contributed by atoms with Gasteiger partial charge in [0.2, 0.25) is 20.0 Å². The van der Waals surface area contributed by atoms with Crippen LogP contribution in [0.15, 0.2) is 58.3 Å². The highest BCUT2D eigenvalue weighted by Gasteiger charge is 2.35. The molecule has 0 amide bonds. The van der Waals surface area contributed by atoms with E-state index in [0.29, 0.717) is 18.7 Å². The molecule has 2 aromatic carbocycles. The molecule has 3 N–H and O–H groups in total. The fourth-order valence-corrected chi connectivity index (χ4v) is 5.21. The first-order valence-corrected chi connectivity index (χ1v) is 10.8. The van der Waals surface area contributed by atoms with Gasteiger partial charge in [0.05, 0.1) is 15.8 Å². The van der Waals surface area contributed by atoms with Gasteiger partial charge >= 0.3 is 0 Å². The number of nitrogens with two attached hydrogens (primary N) is 1. The lowest BCUT2D eigenvalue weighted by atomic mass is 10.1. The highest BCUT2D eigenvalue weighted by molar-refractivity contribution is 7.90. The van der Waals surface area contributed by atoms with Gasteiger partial charge in [-0.3, -0.25) is 0 Å². The molecule has 1 fully saturated rings. The van der Waals surface area contributed by atoms with Gasteiger partial charge < -0.3 is 5.32 Å². The molecule has 0 aliphatic carbocycles. The first-order valence-electron chi connectivity index (χ1n) is 7.80. The van der Waals surface area contributed by atoms with Crippen LogP contribution in [0.2, 0.25) is 0 Å². The third-order valence-electron chi connectivity index (χ3n) is 4.17. The molecule has 0 bridgehead atoms. The number of hydrogen-bond donors (Lipinski definition) is 2. The Morgan fingerprint density at radius 2 is 1.73 bits per heavy atom. The molecule has 0 aromatic heterocycles. The number of rotatable bonds is 4. The van der Waals surface area contributed by atoms with E-state index in [-0.39, 0.29) is 16.3 Å². The monoisotopic (exact) mass is 399 g/mol. The molecule has 7 nitrogen and oxygen atoms in total. The summed E-state index contributed by atoms with van der Waals surface area (Å²) >= 11 is 0. The number of hydrogen-bond acceptors (Lipinski definition) is 5. The second-order valence-corrected chi connectivity index (χ2v) is 9.36. The largest absolute Gasteiger partial charge is 0.313 e. The van der Waals surface area contributed by atoms with Gasteiger partial charge in [0, 0.05) is 19.6 Å². The van der Waals surface area contributed by atoms with Crippen LogP contribution in [0.5, 0.6) is 0 Å². The van der Waals surface area contributed by atoms with Crippen molar-refractivity contribution in [2.24, 2.45) is 5.14 Å². The number of primary sulfonamides is 1. The van der Waals surface area contributed by atoms with E-state index in [1.165, 1.54) is 40.7 Å². The second kappa shape index (κ2) is 7.05. The van der Waals surface area contributed by atoms with Gasteiger partial charge in [0.15, 0.2) is 0 Å². The molecule has 0 saturated carbocycles. The van der Waals surface area contributed by atoms with Crippen molar-refractivity contribution in [1.29, 1.82) is 0 Å². The fraction of sp³-hybridized carbons (Fsp3) is 0.250. The predicted octanol–water partition coefficient (Wildman–Crippen LogP) is 0.808. The minimum absolute atomic E-state index is 0.170. The smallest absolute Gasteiger partial charge is 0.243 e. The highest BCUT2D eigenvalue weighted by Crippen LogP contribution is 2.29. The van der Waals surface area contributed by atoms with Crippen LogP contribution >= 0.6 is 0 Å². The fourth-order valence-electron chi connectivity index (χ4n) is 2.92. The van der Waals surface area contributed by atoms with Crippen LogP contribution < -0.4 is 10.5 Å². The predicted molar refractivity (Wildman–Crippen MR) is 93.7 cm³/mol. The van der Waals surface area contributed by atoms with E-state index >= 15 is 0 Å². The molecule has 0 radical (unpaired) electrons. The summed E-state index contributed by atoms with van der Waals surface area (Å²) in [5, 5.41) is 8.19. The summed E-state index contributed by atoms with van der Waals surface area (Å²) in [6.45, 7) is 0.917. The molecule has 1 unspecified atom stereocenters. The van der Waals surface area contributed by atoms with Crippen molar-refractivity contribution in [2.75, 3.05) is 19.6 Å². The Bertz CT molecular complexity index is 1030. The standard InChI is InChI=1S/C16H18FN3O4S2/c17-13-4-1-3-12(9-13)16-11-19-7-8-20(16)26(23,24)15-6-2-5-14(10-15)25(18,21)22/h1-6,9-10,16,19H,7-8,11H2,(H2,18,21,22). The summed E-state index contributed by atoms with van der Waals surface area (Å²) in [7, 11) is -8.04. The van der Waals surface area contributed by atoms with E-state index in [1.54, 1.807) is 6.07 Å². The van der Waals surface area contributed by atoms with Crippen LogP contribution in [0, 0.1) is 5.82 Å². The second-order valence-electron chi connectivity index (χ2n) is 5.91. The molecule has 1 saturated heterocycles. The van der Waals surface area contributed by atoms with Crippen molar-refractivity contribution < 1.29 is 21.2 Å². The van der Waals surface area contributed by atoms with Crippen molar-refractivity contribution in [2.45, 2.75) is 15.8 Å². The van der Waals surface area contributed by atoms with Gasteiger partial charge in [-0.2, -0.15) is 4.31 Å². The van der Waals surface area contributed by atoms with E-state index < -0.39 is 31.9 Å². The Kier molecular flexibility index (Phi) is 5.13. The van der Waals surface area contributed by atoms with Crippen molar-refractivity contribution in [3.8, 4) is 0 Å². The molecule has 1 heterocycles. The molecule has 26 heavy (non-hydrogen) atoms. The van der Waals surface area contributed by atoms with Crippen molar-refractivity contribution in [1.82, 2.24) is 9.62 Å². The third kappa shape index (κ3) is 3.79. The molecule has 0 spiro atoms. The Morgan fingerprint density at radius 1 is 1.04 bits per heavy atom. The molecule has 2 aromatic rings. The quantitative estimate of drug-likeness (QED) is 0.791. The SMILES string of the molecule is NS(=O)(=O)c1cccc(S(=O)(=O)N2CCNCC2c2cccc(F)c2)c1. The van der Waals surface area contributed by atoms with Crippen molar-refractivity contribution in [3.63, 3.8) is 0 Å². The average Bonchev–Trinajstić information content (AvgIpc) is 2.61. The van der Waals surface area contributed by atoms with Gasteiger partial charge in [-0.1, -0.05) is 18.2 Å². The Hall–Kier alpha value is -1.85. The topological polar surface area (TPSA) is 110 Å². The zero-order valence-electron chi connectivity index (χ0n) is 13.7. The molecular weight excluding hydrogens is 381 g/mol. The van der Waals surface area contributed by atoms with Gasteiger partial charge in [0.1, 0.15) is 5.82 Å². The summed E-state index contributed by atoms with van der Waals surface area (Å²) in [5.74, 6) is -0.457. The number of sulfonamides is 2. The Labute approximate surface area is 151 Å². The number of benzene rings is 2. The minimum atomic E-state index is -4.03. The lowest BCUT2D eigenvalue weighted by Crippen LogP contribution is -2.48. The first kappa shape index (κ1) is 18.9. The molecule has 1 atom stereocenters. The third-order valence-corrected chi connectivity index (χ3v) is 6.98. The normalized spacial score (nSPS) is 19.4. The maximum Gasteiger partial charge on any atom is 0.243 e. The van der Waals surface area contributed by atoms with Gasteiger partial charge in [-0.15, -0.1) is 0 Å². The van der Waals surface area contributed by atoms with E-state index in [9.17, 15) is 21.2 Å². The van der Waals surface area contributed by atoms with Gasteiger partial charge in [0.25, 0.3) is 0 Å². The maximum atomic E-state index is 13.6. The van der Waals surface area contributed by atoms with Crippen LogP contribution in [-0.4, -0.2) is 40.8 Å². The molecule has 1 aliphatic heterocycles. The van der Waals surface area contributed by atoms with Gasteiger partial charge in [-0.25, -0.2) is 26.4 Å². The molecule has 140 valence electrons. The first-order chi connectivity index (χ1) is 12.2. The van der Waals surface area contributed by atoms with Crippen LogP contribution in [0.25, 0.3) is 0 Å². The highest BCUT2D eigenvalue weighted by atomic mass is 32.2. The Morgan fingerprint density at radius 3 is 2.42 bits per heavy atom. The zero-order chi connectivity index (χ0) is 18.9. The van der Waals surface area contributed by atoms with Crippen LogP contribution in [0.4, 0.5) is 4.39 Å². The number of nitrogens with zero attached hydrogens (tertiary/aromatic N) is 1. The Balaban J connectivity index is 2.04. The molecule has 1 aliphatic rings. The van der Waals surface area contributed by atoms with E-state index in [0.717, 1.165) is 6.07 Å². The summed E-state index contributed by atoms with van der Waals surface area (Å²) in [5.41, 5.74) is 0.517. The number of nitrogens with one attached hydrogen (secondary N) is 1. The summed E-state index contributed by atoms with van der Waals surface area (Å²) in [6, 6.07) is 10.1. The average molecular weight is 399 g/mol. The maximum absolute atomic E-state index is 13.6. The van der Waals surface area contributed by atoms with E-state index in [4.69, 9.17) is 5.14 Å². The van der Waals surface area contributed by atoms with Gasteiger partial charge in [-0.05, 0) is 35.9 Å². The van der Waals surface area contributed by atoms with Crippen molar-refractivity contribution in [3.05, 3.63) is 59.9 Å². The number of piperazine rings is 1. The minimum Gasteiger partial charge on any atom is -0.313 e. The van der Waals surface area contributed by atoms with Crippen LogP contribution in [0.1, 0.15) is 11.6 Å². The summed E-state index contributed by atoms with van der Waals surface area (Å²) in [6.07, 6.45) is 0. The van der Waals surface area contributed by atoms with E-state index in [2.05, 4.69) is 5.32 Å². The van der Waals surface area contributed by atoms with Crippen LogP contribution in [0.3, 0.4) is 0 Å². The van der Waals surface area contributed by atoms with Crippen molar-refractivity contribution >= 4 is 20.0 Å².